The molecule has 8 heteroatoms. The highest BCUT2D eigenvalue weighted by molar-refractivity contribution is 7.99. The summed E-state index contributed by atoms with van der Waals surface area (Å²) in [6.07, 6.45) is 6.83. The molecule has 2 aliphatic rings. The van der Waals surface area contributed by atoms with Gasteiger partial charge in [0.15, 0.2) is 0 Å². The van der Waals surface area contributed by atoms with Crippen molar-refractivity contribution < 1.29 is 13.2 Å². The second-order valence-electron chi connectivity index (χ2n) is 6.44. The first-order valence-electron chi connectivity index (χ1n) is 8.61. The van der Waals surface area contributed by atoms with Gasteiger partial charge in [0.1, 0.15) is 0 Å². The van der Waals surface area contributed by atoms with Gasteiger partial charge < -0.3 is 10.6 Å². The highest BCUT2D eigenvalue weighted by Gasteiger charge is 2.27. The predicted molar refractivity (Wildman–Crippen MR) is 94.7 cm³/mol. The van der Waals surface area contributed by atoms with E-state index in [1.54, 1.807) is 16.7 Å². The third-order valence-corrected chi connectivity index (χ3v) is 7.54. The number of nitrogens with zero attached hydrogens (tertiary/aromatic N) is 1. The molecule has 0 spiro atoms. The molecule has 0 radical (unpaired) electrons. The Balaban J connectivity index is 1.60. The van der Waals surface area contributed by atoms with Crippen molar-refractivity contribution in [1.29, 1.82) is 0 Å². The van der Waals surface area contributed by atoms with Crippen molar-refractivity contribution in [3.8, 4) is 0 Å². The first kappa shape index (κ1) is 19.0. The van der Waals surface area contributed by atoms with Crippen molar-refractivity contribution in [2.45, 2.75) is 62.7 Å². The van der Waals surface area contributed by atoms with E-state index >= 15 is 0 Å². The number of carbonyl (C=O) groups excluding carboxylic acids is 1. The van der Waals surface area contributed by atoms with Crippen LogP contribution in [0.1, 0.15) is 51.4 Å². The molecule has 1 heterocycles. The van der Waals surface area contributed by atoms with Crippen LogP contribution in [0.5, 0.6) is 0 Å². The number of hydrogen-bond acceptors (Lipinski definition) is 5. The number of rotatable bonds is 8. The third-order valence-electron chi connectivity index (χ3n) is 4.62. The van der Waals surface area contributed by atoms with Gasteiger partial charge in [0.25, 0.3) is 0 Å². The number of unbranched alkanes of at least 4 members (excludes halogenated alkanes) is 1. The second kappa shape index (κ2) is 9.25. The summed E-state index contributed by atoms with van der Waals surface area (Å²) in [5, 5.41) is -0.215. The highest BCUT2D eigenvalue weighted by atomic mass is 32.2. The van der Waals surface area contributed by atoms with Gasteiger partial charge in [-0.2, -0.15) is 0 Å². The van der Waals surface area contributed by atoms with E-state index in [0.717, 1.165) is 63.1 Å². The van der Waals surface area contributed by atoms with Gasteiger partial charge in [-0.25, -0.2) is 13.1 Å². The van der Waals surface area contributed by atoms with Gasteiger partial charge in [0, 0.05) is 18.8 Å². The Morgan fingerprint density at radius 3 is 2.65 bits per heavy atom. The molecule has 1 aliphatic heterocycles. The summed E-state index contributed by atoms with van der Waals surface area (Å²) in [5.74, 6) is 1.76. The van der Waals surface area contributed by atoms with Crippen LogP contribution >= 0.6 is 11.8 Å². The maximum absolute atomic E-state index is 12.2. The van der Waals surface area contributed by atoms with E-state index in [1.807, 2.05) is 0 Å². The highest BCUT2D eigenvalue weighted by Crippen LogP contribution is 2.23. The summed E-state index contributed by atoms with van der Waals surface area (Å²) in [6, 6.07) is -0.455. The molecule has 0 aromatic carbocycles. The lowest BCUT2D eigenvalue weighted by molar-refractivity contribution is -0.131. The Labute approximate surface area is 144 Å². The topological polar surface area (TPSA) is 92.5 Å². The Hall–Kier alpha value is -0.310. The minimum absolute atomic E-state index is 0.0257. The summed E-state index contributed by atoms with van der Waals surface area (Å²) < 4.78 is 27.1. The van der Waals surface area contributed by atoms with Crippen LogP contribution in [0.15, 0.2) is 0 Å². The maximum Gasteiger partial charge on any atom is 0.240 e. The van der Waals surface area contributed by atoms with Crippen molar-refractivity contribution in [3.63, 3.8) is 0 Å². The maximum atomic E-state index is 12.2. The number of amides is 1. The minimum Gasteiger partial charge on any atom is -0.331 e. The minimum atomic E-state index is -3.17. The van der Waals surface area contributed by atoms with Crippen LogP contribution < -0.4 is 10.5 Å². The lowest BCUT2D eigenvalue weighted by Crippen LogP contribution is -2.42. The van der Waals surface area contributed by atoms with E-state index in [9.17, 15) is 13.2 Å². The van der Waals surface area contributed by atoms with Gasteiger partial charge in [0.05, 0.1) is 17.2 Å². The molecule has 0 bridgehead atoms. The number of carbonyl (C=O) groups is 1. The fraction of sp³-hybridized carbons (Fsp3) is 0.933. The molecule has 134 valence electrons. The Bertz CT molecular complexity index is 472. The lowest BCUT2D eigenvalue weighted by atomic mass is 10.0. The lowest BCUT2D eigenvalue weighted by Gasteiger charge is -2.22. The van der Waals surface area contributed by atoms with Crippen molar-refractivity contribution >= 4 is 27.7 Å². The van der Waals surface area contributed by atoms with E-state index in [4.69, 9.17) is 5.73 Å². The molecule has 1 aliphatic carbocycles. The molecule has 2 fully saturated rings. The third kappa shape index (κ3) is 5.92. The molecular formula is C15H29N3O3S2. The van der Waals surface area contributed by atoms with Crippen LogP contribution in [0.2, 0.25) is 0 Å². The van der Waals surface area contributed by atoms with Crippen molar-refractivity contribution in [2.24, 2.45) is 5.73 Å². The van der Waals surface area contributed by atoms with Gasteiger partial charge >= 0.3 is 0 Å². The molecule has 1 saturated carbocycles. The predicted octanol–water partition coefficient (Wildman–Crippen LogP) is 1.27. The zero-order valence-corrected chi connectivity index (χ0v) is 15.3. The summed E-state index contributed by atoms with van der Waals surface area (Å²) in [6.45, 7) is 1.23. The van der Waals surface area contributed by atoms with E-state index in [2.05, 4.69) is 4.72 Å². The summed E-state index contributed by atoms with van der Waals surface area (Å²) in [7, 11) is -3.17. The van der Waals surface area contributed by atoms with Crippen LogP contribution in [0.3, 0.4) is 0 Å². The zero-order valence-electron chi connectivity index (χ0n) is 13.7. The molecule has 1 unspecified atom stereocenters. The first-order valence-corrected chi connectivity index (χ1v) is 11.3. The Morgan fingerprint density at radius 2 is 2.00 bits per heavy atom. The van der Waals surface area contributed by atoms with Crippen molar-refractivity contribution in [3.05, 3.63) is 0 Å². The standard InChI is InChI=1S/C15H29N3O3S2/c16-14(15(19)18-10-11-22-12-18)8-4-5-9-17-23(20,21)13-6-2-1-3-7-13/h13-14,17H,1-12,16H2. The number of thioether (sulfide) groups is 1. The molecule has 3 N–H and O–H groups in total. The molecule has 0 aromatic heterocycles. The molecule has 0 aromatic rings. The monoisotopic (exact) mass is 363 g/mol. The van der Waals surface area contributed by atoms with Crippen molar-refractivity contribution in [1.82, 2.24) is 9.62 Å². The van der Waals surface area contributed by atoms with Crippen LogP contribution in [0, 0.1) is 0 Å². The van der Waals surface area contributed by atoms with Gasteiger partial charge in [-0.3, -0.25) is 4.79 Å². The van der Waals surface area contributed by atoms with E-state index in [0.29, 0.717) is 13.0 Å². The molecule has 1 saturated heterocycles. The average molecular weight is 364 g/mol. The Morgan fingerprint density at radius 1 is 1.26 bits per heavy atom. The number of nitrogens with one attached hydrogen (secondary N) is 1. The molecular weight excluding hydrogens is 334 g/mol. The molecule has 6 nitrogen and oxygen atoms in total. The van der Waals surface area contributed by atoms with E-state index in [1.165, 1.54) is 0 Å². The normalized spacial score (nSPS) is 21.5. The molecule has 1 atom stereocenters. The SMILES string of the molecule is NC(CCCCNS(=O)(=O)C1CCCCC1)C(=O)N1CCSC1. The summed E-state index contributed by atoms with van der Waals surface area (Å²) in [5.41, 5.74) is 5.94. The van der Waals surface area contributed by atoms with Gasteiger partial charge in [0.2, 0.25) is 15.9 Å². The largest absolute Gasteiger partial charge is 0.331 e. The number of hydrogen-bond donors (Lipinski definition) is 2. The zero-order chi connectivity index (χ0) is 16.7. The van der Waals surface area contributed by atoms with Gasteiger partial charge in [-0.1, -0.05) is 25.7 Å². The van der Waals surface area contributed by atoms with Crippen LogP contribution in [0.4, 0.5) is 0 Å². The molecule has 2 rings (SSSR count). The van der Waals surface area contributed by atoms with Gasteiger partial charge in [-0.05, 0) is 25.7 Å². The average Bonchev–Trinajstić information content (AvgIpc) is 3.09. The fourth-order valence-corrected chi connectivity index (χ4v) is 5.72. The van der Waals surface area contributed by atoms with E-state index in [-0.39, 0.29) is 11.2 Å². The van der Waals surface area contributed by atoms with Crippen LogP contribution in [-0.2, 0) is 14.8 Å². The summed E-state index contributed by atoms with van der Waals surface area (Å²) in [4.78, 5) is 13.9. The first-order chi connectivity index (χ1) is 11.0. The van der Waals surface area contributed by atoms with Crippen LogP contribution in [0.25, 0.3) is 0 Å². The second-order valence-corrected chi connectivity index (χ2v) is 9.56. The fourth-order valence-electron chi connectivity index (χ4n) is 3.14. The smallest absolute Gasteiger partial charge is 0.240 e. The summed E-state index contributed by atoms with van der Waals surface area (Å²) >= 11 is 1.75. The van der Waals surface area contributed by atoms with Crippen LogP contribution in [-0.4, -0.2) is 55.2 Å². The molecule has 23 heavy (non-hydrogen) atoms. The molecule has 1 amide bonds. The van der Waals surface area contributed by atoms with E-state index < -0.39 is 16.1 Å². The number of nitrogens with two attached hydrogens (primary N) is 1. The Kier molecular flexibility index (Phi) is 7.65. The quantitative estimate of drug-likeness (QED) is 0.634. The van der Waals surface area contributed by atoms with Gasteiger partial charge in [-0.15, -0.1) is 11.8 Å². The number of sulfonamides is 1. The van der Waals surface area contributed by atoms with Crippen molar-refractivity contribution in [2.75, 3.05) is 24.7 Å².